The average molecular weight is 242 g/mol. The van der Waals surface area contributed by atoms with Crippen LogP contribution in [0, 0.1) is 5.41 Å². The quantitative estimate of drug-likeness (QED) is 0.614. The van der Waals surface area contributed by atoms with Crippen molar-refractivity contribution in [2.45, 2.75) is 52.0 Å². The molecule has 102 valence electrons. The number of nitrogens with one attached hydrogen (secondary N) is 1. The van der Waals surface area contributed by atoms with E-state index in [9.17, 15) is 0 Å². The molecule has 0 saturated heterocycles. The van der Waals surface area contributed by atoms with Crippen LogP contribution in [0.3, 0.4) is 0 Å². The predicted molar refractivity (Wildman–Crippen MR) is 73.2 cm³/mol. The van der Waals surface area contributed by atoms with Gasteiger partial charge in [0.1, 0.15) is 0 Å². The Balaban J connectivity index is 2.37. The molecule has 0 unspecified atom stereocenters. The lowest BCUT2D eigenvalue weighted by atomic mass is 9.81. The SMILES string of the molecule is CCC(CC)(CNC1CC1)CN(C)CCCO. The summed E-state index contributed by atoms with van der Waals surface area (Å²) in [5, 5.41) is 12.6. The van der Waals surface area contributed by atoms with E-state index in [2.05, 4.69) is 31.1 Å². The molecule has 1 aliphatic rings. The van der Waals surface area contributed by atoms with Crippen LogP contribution in [0.4, 0.5) is 0 Å². The molecule has 3 heteroatoms. The summed E-state index contributed by atoms with van der Waals surface area (Å²) in [4.78, 5) is 2.37. The molecule has 0 bridgehead atoms. The first-order valence-corrected chi connectivity index (χ1v) is 7.18. The first-order chi connectivity index (χ1) is 8.15. The Hall–Kier alpha value is -0.120. The van der Waals surface area contributed by atoms with Gasteiger partial charge in [-0.3, -0.25) is 0 Å². The normalized spacial score (nSPS) is 16.8. The van der Waals surface area contributed by atoms with Gasteiger partial charge in [-0.05, 0) is 44.6 Å². The third-order valence-corrected chi connectivity index (χ3v) is 4.15. The molecule has 0 spiro atoms. The van der Waals surface area contributed by atoms with Gasteiger partial charge in [0.05, 0.1) is 0 Å². The Morgan fingerprint density at radius 3 is 2.41 bits per heavy atom. The van der Waals surface area contributed by atoms with Crippen molar-refractivity contribution < 1.29 is 5.11 Å². The fourth-order valence-corrected chi connectivity index (χ4v) is 2.42. The minimum absolute atomic E-state index is 0.302. The van der Waals surface area contributed by atoms with Gasteiger partial charge in [0.2, 0.25) is 0 Å². The first kappa shape index (κ1) is 14.9. The van der Waals surface area contributed by atoms with Gasteiger partial charge in [-0.1, -0.05) is 13.8 Å². The summed E-state index contributed by atoms with van der Waals surface area (Å²) in [6.45, 7) is 8.20. The smallest absolute Gasteiger partial charge is 0.0443 e. The van der Waals surface area contributed by atoms with Crippen LogP contribution < -0.4 is 5.32 Å². The molecular weight excluding hydrogens is 212 g/mol. The van der Waals surface area contributed by atoms with E-state index in [1.165, 1.54) is 25.7 Å². The average Bonchev–Trinajstić information content (AvgIpc) is 3.16. The van der Waals surface area contributed by atoms with Crippen LogP contribution in [0.15, 0.2) is 0 Å². The van der Waals surface area contributed by atoms with Crippen molar-refractivity contribution in [2.75, 3.05) is 33.3 Å². The van der Waals surface area contributed by atoms with Crippen LogP contribution in [0.2, 0.25) is 0 Å². The highest BCUT2D eigenvalue weighted by Crippen LogP contribution is 2.28. The maximum absolute atomic E-state index is 8.87. The molecule has 0 heterocycles. The third-order valence-electron chi connectivity index (χ3n) is 4.15. The van der Waals surface area contributed by atoms with E-state index in [0.717, 1.165) is 32.1 Å². The molecule has 1 rings (SSSR count). The van der Waals surface area contributed by atoms with Crippen LogP contribution in [0.1, 0.15) is 46.0 Å². The topological polar surface area (TPSA) is 35.5 Å². The lowest BCUT2D eigenvalue weighted by Gasteiger charge is -2.36. The molecule has 0 amide bonds. The second kappa shape index (κ2) is 7.34. The number of hydrogen-bond acceptors (Lipinski definition) is 3. The molecule has 0 aromatic rings. The molecule has 17 heavy (non-hydrogen) atoms. The molecule has 3 nitrogen and oxygen atoms in total. The molecule has 1 aliphatic carbocycles. The van der Waals surface area contributed by atoms with E-state index in [-0.39, 0.29) is 0 Å². The van der Waals surface area contributed by atoms with Crippen LogP contribution in [-0.4, -0.2) is 49.3 Å². The minimum Gasteiger partial charge on any atom is -0.396 e. The monoisotopic (exact) mass is 242 g/mol. The summed E-state index contributed by atoms with van der Waals surface area (Å²) in [6.07, 6.45) is 6.07. The fourth-order valence-electron chi connectivity index (χ4n) is 2.42. The van der Waals surface area contributed by atoms with Gasteiger partial charge in [-0.2, -0.15) is 0 Å². The summed E-state index contributed by atoms with van der Waals surface area (Å²) >= 11 is 0. The van der Waals surface area contributed by atoms with E-state index < -0.39 is 0 Å². The maximum atomic E-state index is 8.87. The minimum atomic E-state index is 0.302. The Labute approximate surface area is 107 Å². The van der Waals surface area contributed by atoms with Crippen LogP contribution >= 0.6 is 0 Å². The summed E-state index contributed by atoms with van der Waals surface area (Å²) in [7, 11) is 2.17. The summed E-state index contributed by atoms with van der Waals surface area (Å²) in [5.41, 5.74) is 0.410. The zero-order chi connectivity index (χ0) is 12.7. The summed E-state index contributed by atoms with van der Waals surface area (Å²) in [5.74, 6) is 0. The van der Waals surface area contributed by atoms with Gasteiger partial charge in [0, 0.05) is 32.3 Å². The van der Waals surface area contributed by atoms with Crippen molar-refractivity contribution in [1.82, 2.24) is 10.2 Å². The Kier molecular flexibility index (Phi) is 6.45. The van der Waals surface area contributed by atoms with E-state index in [1.807, 2.05) is 0 Å². The van der Waals surface area contributed by atoms with Gasteiger partial charge < -0.3 is 15.3 Å². The van der Waals surface area contributed by atoms with Gasteiger partial charge in [-0.15, -0.1) is 0 Å². The van der Waals surface area contributed by atoms with Crippen molar-refractivity contribution >= 4 is 0 Å². The van der Waals surface area contributed by atoms with Gasteiger partial charge >= 0.3 is 0 Å². The number of hydrogen-bond donors (Lipinski definition) is 2. The standard InChI is InChI=1S/C14H30N2O/c1-4-14(5-2,11-15-13-7-8-13)12-16(3)9-6-10-17/h13,15,17H,4-12H2,1-3H3. The highest BCUT2D eigenvalue weighted by molar-refractivity contribution is 4.88. The van der Waals surface area contributed by atoms with E-state index in [0.29, 0.717) is 12.0 Å². The highest BCUT2D eigenvalue weighted by atomic mass is 16.3. The van der Waals surface area contributed by atoms with Crippen molar-refractivity contribution in [3.8, 4) is 0 Å². The van der Waals surface area contributed by atoms with E-state index in [1.54, 1.807) is 0 Å². The highest BCUT2D eigenvalue weighted by Gasteiger charge is 2.30. The second-order valence-corrected chi connectivity index (χ2v) is 5.68. The molecule has 0 aromatic heterocycles. The molecule has 2 N–H and O–H groups in total. The predicted octanol–water partition coefficient (Wildman–Crippen LogP) is 1.86. The Morgan fingerprint density at radius 2 is 1.94 bits per heavy atom. The number of nitrogens with zero attached hydrogens (tertiary/aromatic N) is 1. The molecular formula is C14H30N2O. The molecule has 1 fully saturated rings. The fraction of sp³-hybridized carbons (Fsp3) is 1.00. The lowest BCUT2D eigenvalue weighted by Crippen LogP contribution is -2.43. The van der Waals surface area contributed by atoms with Crippen LogP contribution in [-0.2, 0) is 0 Å². The van der Waals surface area contributed by atoms with Crippen molar-refractivity contribution in [3.05, 3.63) is 0 Å². The van der Waals surface area contributed by atoms with Crippen molar-refractivity contribution in [3.63, 3.8) is 0 Å². The number of rotatable bonds is 10. The first-order valence-electron chi connectivity index (χ1n) is 7.18. The number of aliphatic hydroxyl groups is 1. The maximum Gasteiger partial charge on any atom is 0.0443 e. The summed E-state index contributed by atoms with van der Waals surface area (Å²) < 4.78 is 0. The van der Waals surface area contributed by atoms with Crippen LogP contribution in [0.5, 0.6) is 0 Å². The van der Waals surface area contributed by atoms with Gasteiger partial charge in [0.15, 0.2) is 0 Å². The van der Waals surface area contributed by atoms with E-state index in [4.69, 9.17) is 5.11 Å². The van der Waals surface area contributed by atoms with E-state index >= 15 is 0 Å². The Morgan fingerprint density at radius 1 is 1.29 bits per heavy atom. The van der Waals surface area contributed by atoms with Gasteiger partial charge in [0.25, 0.3) is 0 Å². The van der Waals surface area contributed by atoms with Crippen molar-refractivity contribution in [1.29, 1.82) is 0 Å². The lowest BCUT2D eigenvalue weighted by molar-refractivity contribution is 0.146. The number of aliphatic hydroxyl groups excluding tert-OH is 1. The summed E-state index contributed by atoms with van der Waals surface area (Å²) in [6, 6.07) is 0.801. The molecule has 0 atom stereocenters. The Bertz CT molecular complexity index is 200. The molecule has 1 saturated carbocycles. The zero-order valence-corrected chi connectivity index (χ0v) is 11.8. The largest absolute Gasteiger partial charge is 0.396 e. The van der Waals surface area contributed by atoms with Gasteiger partial charge in [-0.25, -0.2) is 0 Å². The molecule has 0 aromatic carbocycles. The van der Waals surface area contributed by atoms with Crippen LogP contribution in [0.25, 0.3) is 0 Å². The second-order valence-electron chi connectivity index (χ2n) is 5.68. The zero-order valence-electron chi connectivity index (χ0n) is 11.8. The molecule has 0 radical (unpaired) electrons. The third kappa shape index (κ3) is 5.36. The van der Waals surface area contributed by atoms with Crippen molar-refractivity contribution in [2.24, 2.45) is 5.41 Å². The molecule has 0 aliphatic heterocycles.